The Hall–Kier alpha value is -1.43. The lowest BCUT2D eigenvalue weighted by molar-refractivity contribution is 0.589. The third-order valence-corrected chi connectivity index (χ3v) is 1.53. The van der Waals surface area contributed by atoms with Gasteiger partial charge in [-0.05, 0) is 0 Å². The maximum Gasteiger partial charge on any atom is 0.235 e. The summed E-state index contributed by atoms with van der Waals surface area (Å²) in [5, 5.41) is 23.0. The van der Waals surface area contributed by atoms with Crippen molar-refractivity contribution < 1.29 is 4.57 Å². The first-order valence-electron chi connectivity index (χ1n) is 2.28. The highest BCUT2D eigenvalue weighted by Gasteiger charge is 2.30. The number of rotatable bonds is 2. The first-order chi connectivity index (χ1) is 4.74. The topological polar surface area (TPSA) is 88.4 Å². The van der Waals surface area contributed by atoms with Crippen LogP contribution in [0, 0.1) is 34.0 Å². The van der Waals surface area contributed by atoms with E-state index in [2.05, 4.69) is 0 Å². The Labute approximate surface area is 59.5 Å². The van der Waals surface area contributed by atoms with Crippen LogP contribution in [-0.4, -0.2) is 5.16 Å². The van der Waals surface area contributed by atoms with Gasteiger partial charge in [-0.3, -0.25) is 4.57 Å². The molecule has 0 N–H and O–H groups in total. The zero-order chi connectivity index (χ0) is 8.04. The summed E-state index contributed by atoms with van der Waals surface area (Å²) in [6.07, 6.45) is -0.328. The summed E-state index contributed by atoms with van der Waals surface area (Å²) in [7, 11) is -0.611. The van der Waals surface area contributed by atoms with E-state index in [0.29, 0.717) is 0 Å². The molecule has 0 aliphatic heterocycles. The van der Waals surface area contributed by atoms with Crippen LogP contribution in [-0.2, 0) is 4.57 Å². The van der Waals surface area contributed by atoms with Gasteiger partial charge in [0.25, 0.3) is 0 Å². The normalized spacial score (nSPS) is 9.30. The molecule has 0 aromatic heterocycles. The largest absolute Gasteiger partial charge is 0.272 e. The van der Waals surface area contributed by atoms with Crippen molar-refractivity contribution in [3.05, 3.63) is 0 Å². The molecule has 0 atom stereocenters. The lowest BCUT2D eigenvalue weighted by Crippen LogP contribution is -2.14. The smallest absolute Gasteiger partial charge is 0.235 e. The fraction of sp³-hybridized carbons (Fsp3) is 0.400. The summed E-state index contributed by atoms with van der Waals surface area (Å²) in [6.45, 7) is 0. The molecule has 0 aliphatic rings. The van der Waals surface area contributed by atoms with Gasteiger partial charge in [0.05, 0.1) is 24.6 Å². The van der Waals surface area contributed by atoms with E-state index in [1.165, 1.54) is 12.1 Å². The lowest BCUT2D eigenvalue weighted by Gasteiger charge is -1.99. The average molecular weight is 151 g/mol. The molecule has 0 bridgehead atoms. The number of nitrogens with zero attached hydrogens (tertiary/aromatic N) is 3. The average Bonchev–Trinajstić information content (AvgIpc) is 2.01. The maximum absolute atomic E-state index is 10.2. The molecule has 0 heterocycles. The SMILES string of the molecule is N#CCC(C#N)(C#N)P=O. The molecule has 0 rings (SSSR count). The fourth-order valence-electron chi connectivity index (χ4n) is 0.292. The van der Waals surface area contributed by atoms with Gasteiger partial charge in [-0.1, -0.05) is 0 Å². The van der Waals surface area contributed by atoms with Gasteiger partial charge in [-0.15, -0.1) is 0 Å². The fourth-order valence-corrected chi connectivity index (χ4v) is 0.508. The molecule has 0 aliphatic carbocycles. The first kappa shape index (κ1) is 8.57. The van der Waals surface area contributed by atoms with E-state index in [1.54, 1.807) is 6.07 Å². The molecular weight excluding hydrogens is 149 g/mol. The molecule has 0 fully saturated rings. The summed E-state index contributed by atoms with van der Waals surface area (Å²) in [4.78, 5) is 0. The van der Waals surface area contributed by atoms with Crippen LogP contribution in [0.2, 0.25) is 0 Å². The minimum atomic E-state index is -1.66. The summed E-state index contributed by atoms with van der Waals surface area (Å²) >= 11 is 0. The Bertz CT molecular complexity index is 240. The Morgan fingerprint density at radius 1 is 1.30 bits per heavy atom. The summed E-state index contributed by atoms with van der Waals surface area (Å²) in [5.41, 5.74) is 0. The summed E-state index contributed by atoms with van der Waals surface area (Å²) in [6, 6.07) is 4.62. The van der Waals surface area contributed by atoms with Crippen LogP contribution in [0.1, 0.15) is 6.42 Å². The lowest BCUT2D eigenvalue weighted by atomic mass is 10.1. The molecule has 0 aromatic carbocycles. The minimum Gasteiger partial charge on any atom is -0.272 e. The van der Waals surface area contributed by atoms with Crippen LogP contribution in [0.4, 0.5) is 0 Å². The second kappa shape index (κ2) is 3.57. The predicted molar refractivity (Wildman–Crippen MR) is 31.8 cm³/mol. The van der Waals surface area contributed by atoms with Gasteiger partial charge < -0.3 is 0 Å². The highest BCUT2D eigenvalue weighted by molar-refractivity contribution is 7.27. The molecule has 5 heteroatoms. The van der Waals surface area contributed by atoms with E-state index in [-0.39, 0.29) is 6.42 Å². The van der Waals surface area contributed by atoms with Crippen molar-refractivity contribution in [2.45, 2.75) is 11.6 Å². The molecule has 0 unspecified atom stereocenters. The van der Waals surface area contributed by atoms with Crippen molar-refractivity contribution >= 4 is 8.46 Å². The second-order valence-electron chi connectivity index (χ2n) is 1.51. The van der Waals surface area contributed by atoms with Crippen LogP contribution >= 0.6 is 8.46 Å². The summed E-state index contributed by atoms with van der Waals surface area (Å²) < 4.78 is 10.2. The van der Waals surface area contributed by atoms with Crippen molar-refractivity contribution in [1.29, 1.82) is 15.8 Å². The molecule has 0 aromatic rings. The van der Waals surface area contributed by atoms with Gasteiger partial charge in [-0.25, -0.2) is 0 Å². The van der Waals surface area contributed by atoms with Gasteiger partial charge in [0.15, 0.2) is 8.46 Å². The monoisotopic (exact) mass is 151 g/mol. The molecule has 0 saturated heterocycles. The van der Waals surface area contributed by atoms with Crippen LogP contribution < -0.4 is 0 Å². The Morgan fingerprint density at radius 2 is 1.80 bits per heavy atom. The maximum atomic E-state index is 10.2. The van der Waals surface area contributed by atoms with Crippen molar-refractivity contribution in [1.82, 2.24) is 0 Å². The van der Waals surface area contributed by atoms with Gasteiger partial charge >= 0.3 is 0 Å². The van der Waals surface area contributed by atoms with E-state index in [4.69, 9.17) is 15.8 Å². The van der Waals surface area contributed by atoms with Crippen molar-refractivity contribution in [2.24, 2.45) is 0 Å². The van der Waals surface area contributed by atoms with Crippen LogP contribution in [0.15, 0.2) is 0 Å². The van der Waals surface area contributed by atoms with E-state index in [0.717, 1.165) is 0 Å². The van der Waals surface area contributed by atoms with Gasteiger partial charge in [0.1, 0.15) is 0 Å². The molecule has 0 amide bonds. The third-order valence-electron chi connectivity index (χ3n) is 0.861. The quantitative estimate of drug-likeness (QED) is 0.550. The molecule has 0 saturated carbocycles. The van der Waals surface area contributed by atoms with Gasteiger partial charge in [-0.2, -0.15) is 15.8 Å². The molecule has 48 valence electrons. The van der Waals surface area contributed by atoms with E-state index >= 15 is 0 Å². The Kier molecular flexibility index (Phi) is 3.06. The zero-order valence-corrected chi connectivity index (χ0v) is 5.80. The highest BCUT2D eigenvalue weighted by Crippen LogP contribution is 2.24. The molecule has 4 nitrogen and oxygen atoms in total. The first-order valence-corrected chi connectivity index (χ1v) is 3.10. The van der Waals surface area contributed by atoms with E-state index in [1.807, 2.05) is 0 Å². The van der Waals surface area contributed by atoms with Crippen molar-refractivity contribution in [3.8, 4) is 18.2 Å². The summed E-state index contributed by atoms with van der Waals surface area (Å²) in [5.74, 6) is 0. The molecule has 0 spiro atoms. The van der Waals surface area contributed by atoms with Crippen LogP contribution in [0.3, 0.4) is 0 Å². The Morgan fingerprint density at radius 3 is 1.90 bits per heavy atom. The van der Waals surface area contributed by atoms with E-state index < -0.39 is 13.6 Å². The van der Waals surface area contributed by atoms with Gasteiger partial charge in [0.2, 0.25) is 5.16 Å². The number of hydrogen-bond donors (Lipinski definition) is 0. The van der Waals surface area contributed by atoms with Crippen LogP contribution in [0.5, 0.6) is 0 Å². The standard InChI is InChI=1S/C5H2N3OP/c6-2-1-5(3-7,4-8)10-9/h1H2. The van der Waals surface area contributed by atoms with Crippen LogP contribution in [0.25, 0.3) is 0 Å². The molecular formula is C5H2N3OP. The molecule has 0 radical (unpaired) electrons. The van der Waals surface area contributed by atoms with E-state index in [9.17, 15) is 4.57 Å². The number of hydrogen-bond acceptors (Lipinski definition) is 4. The predicted octanol–water partition coefficient (Wildman–Crippen LogP) is 0.978. The highest BCUT2D eigenvalue weighted by atomic mass is 31.1. The number of nitriles is 3. The second-order valence-corrected chi connectivity index (χ2v) is 2.46. The van der Waals surface area contributed by atoms with Crippen molar-refractivity contribution in [3.63, 3.8) is 0 Å². The minimum absolute atomic E-state index is 0.328. The van der Waals surface area contributed by atoms with Gasteiger partial charge in [0, 0.05) is 0 Å². The Balaban J connectivity index is 4.60. The zero-order valence-electron chi connectivity index (χ0n) is 4.90. The third kappa shape index (κ3) is 1.52. The molecule has 10 heavy (non-hydrogen) atoms. The van der Waals surface area contributed by atoms with Crippen molar-refractivity contribution in [2.75, 3.05) is 0 Å².